The Bertz CT molecular complexity index is 555. The maximum Gasteiger partial charge on any atom is 0.414 e. The van der Waals surface area contributed by atoms with E-state index in [2.05, 4.69) is 14.7 Å². The zero-order valence-corrected chi connectivity index (χ0v) is 10.2. The van der Waals surface area contributed by atoms with E-state index < -0.39 is 12.3 Å². The molecule has 0 spiro atoms. The van der Waals surface area contributed by atoms with E-state index in [4.69, 9.17) is 5.73 Å². The Kier molecular flexibility index (Phi) is 3.40. The third kappa shape index (κ3) is 2.70. The summed E-state index contributed by atoms with van der Waals surface area (Å²) in [4.78, 5) is 8.63. The van der Waals surface area contributed by atoms with Gasteiger partial charge in [-0.3, -0.25) is 0 Å². The minimum absolute atomic E-state index is 0.151. The highest BCUT2D eigenvalue weighted by atomic mass is 32.1. The lowest BCUT2D eigenvalue weighted by Gasteiger charge is -2.15. The number of nitrogens with two attached hydrogens (primary N) is 1. The number of thiophene rings is 1. The number of rotatable bonds is 3. The highest BCUT2D eigenvalue weighted by Gasteiger charge is 2.37. The molecule has 2 rings (SSSR count). The number of hydrogen-bond acceptors (Lipinski definition) is 5. The predicted octanol–water partition coefficient (Wildman–Crippen LogP) is 2.74. The lowest BCUT2D eigenvalue weighted by molar-refractivity contribution is -0.217. The Morgan fingerprint density at radius 3 is 2.83 bits per heavy atom. The molecule has 2 aromatic rings. The van der Waals surface area contributed by atoms with Gasteiger partial charge in [0.1, 0.15) is 17.3 Å². The van der Waals surface area contributed by atoms with Crippen LogP contribution in [0.3, 0.4) is 0 Å². The summed E-state index contributed by atoms with van der Waals surface area (Å²) in [5.74, 6) is 0.401. The Labute approximate surface area is 105 Å². The lowest BCUT2D eigenvalue weighted by Crippen LogP contribution is -2.28. The standard InChI is InChI=1S/C10H10F3N3OS/c1-5(10(11,12)13)17-4-7-15-8(14)6-2-3-18-9(6)16-7/h2-3,5H,4H2,1H3,(H2,14,15,16). The molecule has 2 N–H and O–H groups in total. The summed E-state index contributed by atoms with van der Waals surface area (Å²) in [7, 11) is 0. The van der Waals surface area contributed by atoms with E-state index in [0.29, 0.717) is 10.2 Å². The molecule has 0 fully saturated rings. The number of fused-ring (bicyclic) bond motifs is 1. The van der Waals surface area contributed by atoms with Gasteiger partial charge in [0, 0.05) is 0 Å². The van der Waals surface area contributed by atoms with E-state index in [1.165, 1.54) is 11.3 Å². The molecule has 0 aliphatic rings. The quantitative estimate of drug-likeness (QED) is 0.937. The van der Waals surface area contributed by atoms with Gasteiger partial charge < -0.3 is 10.5 Å². The van der Waals surface area contributed by atoms with Gasteiger partial charge in [-0.05, 0) is 18.4 Å². The molecule has 2 aromatic heterocycles. The van der Waals surface area contributed by atoms with Gasteiger partial charge in [0.2, 0.25) is 0 Å². The first-order valence-electron chi connectivity index (χ1n) is 5.06. The molecule has 0 radical (unpaired) electrons. The zero-order chi connectivity index (χ0) is 13.3. The molecule has 4 nitrogen and oxygen atoms in total. The number of alkyl halides is 3. The molecule has 0 saturated carbocycles. The molecule has 1 atom stereocenters. The highest BCUT2D eigenvalue weighted by Crippen LogP contribution is 2.25. The lowest BCUT2D eigenvalue weighted by atomic mass is 10.4. The van der Waals surface area contributed by atoms with Gasteiger partial charge in [0.15, 0.2) is 11.9 Å². The first-order chi connectivity index (χ1) is 8.38. The van der Waals surface area contributed by atoms with Crippen LogP contribution < -0.4 is 5.73 Å². The maximum atomic E-state index is 12.2. The van der Waals surface area contributed by atoms with Crippen LogP contribution in [0.5, 0.6) is 0 Å². The van der Waals surface area contributed by atoms with Crippen LogP contribution >= 0.6 is 11.3 Å². The number of nitrogen functional groups attached to an aromatic ring is 1. The summed E-state index contributed by atoms with van der Waals surface area (Å²) in [5, 5.41) is 2.49. The Morgan fingerprint density at radius 1 is 1.44 bits per heavy atom. The second-order valence-electron chi connectivity index (χ2n) is 3.66. The van der Waals surface area contributed by atoms with Crippen molar-refractivity contribution in [1.82, 2.24) is 9.97 Å². The van der Waals surface area contributed by atoms with Crippen molar-refractivity contribution in [3.63, 3.8) is 0 Å². The summed E-state index contributed by atoms with van der Waals surface area (Å²) >= 11 is 1.35. The number of hydrogen-bond donors (Lipinski definition) is 1. The molecule has 0 aromatic carbocycles. The summed E-state index contributed by atoms with van der Waals surface area (Å²) in [6.45, 7) is 0.617. The number of aromatic nitrogens is 2. The van der Waals surface area contributed by atoms with E-state index in [1.54, 1.807) is 11.4 Å². The summed E-state index contributed by atoms with van der Waals surface area (Å²) in [6.07, 6.45) is -6.25. The summed E-state index contributed by atoms with van der Waals surface area (Å²) in [5.41, 5.74) is 5.67. The molecule has 98 valence electrons. The molecule has 1 unspecified atom stereocenters. The first kappa shape index (κ1) is 13.0. The van der Waals surface area contributed by atoms with Crippen molar-refractivity contribution in [2.24, 2.45) is 0 Å². The molecule has 18 heavy (non-hydrogen) atoms. The van der Waals surface area contributed by atoms with Crippen LogP contribution in [0.15, 0.2) is 11.4 Å². The number of halogens is 3. The van der Waals surface area contributed by atoms with Crippen LogP contribution in [0.2, 0.25) is 0 Å². The monoisotopic (exact) mass is 277 g/mol. The normalized spacial score (nSPS) is 14.0. The number of nitrogens with zero attached hydrogens (tertiary/aromatic N) is 2. The smallest absolute Gasteiger partial charge is 0.383 e. The SMILES string of the molecule is CC(OCc1nc(N)c2ccsc2n1)C(F)(F)F. The molecule has 8 heteroatoms. The minimum atomic E-state index is -4.39. The van der Waals surface area contributed by atoms with Crippen molar-refractivity contribution in [3.05, 3.63) is 17.3 Å². The third-order valence-corrected chi connectivity index (χ3v) is 3.13. The van der Waals surface area contributed by atoms with E-state index in [0.717, 1.165) is 6.92 Å². The summed E-state index contributed by atoms with van der Waals surface area (Å²) in [6, 6.07) is 1.76. The number of ether oxygens (including phenoxy) is 1. The molecule has 2 heterocycles. The zero-order valence-electron chi connectivity index (χ0n) is 9.36. The van der Waals surface area contributed by atoms with Gasteiger partial charge in [-0.2, -0.15) is 13.2 Å². The van der Waals surface area contributed by atoms with Crippen molar-refractivity contribution in [1.29, 1.82) is 0 Å². The van der Waals surface area contributed by atoms with Crippen molar-refractivity contribution in [2.45, 2.75) is 25.8 Å². The fourth-order valence-corrected chi connectivity index (χ4v) is 2.07. The fourth-order valence-electron chi connectivity index (χ4n) is 1.28. The Morgan fingerprint density at radius 2 is 2.17 bits per heavy atom. The summed E-state index contributed by atoms with van der Waals surface area (Å²) < 4.78 is 41.4. The van der Waals surface area contributed by atoms with Crippen molar-refractivity contribution >= 4 is 27.4 Å². The number of anilines is 1. The largest absolute Gasteiger partial charge is 0.414 e. The molecule has 0 amide bonds. The van der Waals surface area contributed by atoms with Gasteiger partial charge in [0.05, 0.1) is 5.39 Å². The van der Waals surface area contributed by atoms with E-state index in [9.17, 15) is 13.2 Å². The van der Waals surface area contributed by atoms with Gasteiger partial charge in [-0.1, -0.05) is 0 Å². The van der Waals surface area contributed by atoms with Crippen molar-refractivity contribution in [2.75, 3.05) is 5.73 Å². The molecule has 0 aliphatic heterocycles. The van der Waals surface area contributed by atoms with Crippen LogP contribution in [0, 0.1) is 0 Å². The maximum absolute atomic E-state index is 12.2. The highest BCUT2D eigenvalue weighted by molar-refractivity contribution is 7.16. The minimum Gasteiger partial charge on any atom is -0.383 e. The van der Waals surface area contributed by atoms with E-state index >= 15 is 0 Å². The van der Waals surface area contributed by atoms with Crippen molar-refractivity contribution in [3.8, 4) is 0 Å². The van der Waals surface area contributed by atoms with Crippen LogP contribution in [-0.4, -0.2) is 22.2 Å². The molecular formula is C10H10F3N3OS. The first-order valence-corrected chi connectivity index (χ1v) is 5.94. The van der Waals surface area contributed by atoms with Gasteiger partial charge >= 0.3 is 6.18 Å². The topological polar surface area (TPSA) is 61.0 Å². The molecule has 0 saturated heterocycles. The van der Waals surface area contributed by atoms with E-state index in [1.807, 2.05) is 0 Å². The van der Waals surface area contributed by atoms with Crippen LogP contribution in [-0.2, 0) is 11.3 Å². The average molecular weight is 277 g/mol. The van der Waals surface area contributed by atoms with Crippen molar-refractivity contribution < 1.29 is 17.9 Å². The predicted molar refractivity (Wildman–Crippen MR) is 62.1 cm³/mol. The Hall–Kier alpha value is -1.41. The molecule has 0 aliphatic carbocycles. The molecule has 0 bridgehead atoms. The second kappa shape index (κ2) is 4.69. The van der Waals surface area contributed by atoms with Crippen LogP contribution in [0.25, 0.3) is 10.2 Å². The van der Waals surface area contributed by atoms with Gasteiger partial charge in [-0.25, -0.2) is 9.97 Å². The third-order valence-electron chi connectivity index (χ3n) is 2.32. The fraction of sp³-hybridized carbons (Fsp3) is 0.400. The van der Waals surface area contributed by atoms with Gasteiger partial charge in [-0.15, -0.1) is 11.3 Å². The van der Waals surface area contributed by atoms with Crippen LogP contribution in [0.4, 0.5) is 19.0 Å². The second-order valence-corrected chi connectivity index (χ2v) is 4.55. The van der Waals surface area contributed by atoms with E-state index in [-0.39, 0.29) is 18.2 Å². The van der Waals surface area contributed by atoms with Gasteiger partial charge in [0.25, 0.3) is 0 Å². The average Bonchev–Trinajstić information content (AvgIpc) is 2.73. The Balaban J connectivity index is 2.13. The van der Waals surface area contributed by atoms with Crippen LogP contribution in [0.1, 0.15) is 12.7 Å². The molecular weight excluding hydrogens is 267 g/mol.